The van der Waals surface area contributed by atoms with Crippen molar-refractivity contribution in [3.05, 3.63) is 46.5 Å². The quantitative estimate of drug-likeness (QED) is 0.671. The van der Waals surface area contributed by atoms with E-state index in [0.717, 1.165) is 16.5 Å². The molecule has 0 aliphatic heterocycles. The fourth-order valence-electron chi connectivity index (χ4n) is 1.35. The Balaban J connectivity index is 2.42. The summed E-state index contributed by atoms with van der Waals surface area (Å²) in [6, 6.07) is 7.93. The molecule has 1 rings (SSSR count). The number of hydrogen-bond donors (Lipinski definition) is 1. The van der Waals surface area contributed by atoms with Crippen LogP contribution in [0.3, 0.4) is 0 Å². The summed E-state index contributed by atoms with van der Waals surface area (Å²) < 4.78 is 5.49. The Morgan fingerprint density at radius 2 is 2.35 bits per heavy atom. The first-order valence-electron chi connectivity index (χ1n) is 5.28. The van der Waals surface area contributed by atoms with Gasteiger partial charge in [0.05, 0.1) is 19.6 Å². The second kappa shape index (κ2) is 7.25. The van der Waals surface area contributed by atoms with Crippen molar-refractivity contribution in [2.24, 2.45) is 0 Å². The number of carbonyl (C=O) groups is 1. The fourth-order valence-corrected chi connectivity index (χ4v) is 1.79. The van der Waals surface area contributed by atoms with Gasteiger partial charge in [-0.1, -0.05) is 40.2 Å². The number of esters is 1. The third kappa shape index (κ3) is 5.65. The molecular formula is C13H15BrO3. The van der Waals surface area contributed by atoms with Gasteiger partial charge in [-0.05, 0) is 24.1 Å². The van der Waals surface area contributed by atoms with E-state index in [1.54, 1.807) is 6.08 Å². The molecule has 0 spiro atoms. The number of hydrogen-bond acceptors (Lipinski definition) is 3. The maximum absolute atomic E-state index is 10.9. The van der Waals surface area contributed by atoms with Crippen molar-refractivity contribution in [1.29, 1.82) is 0 Å². The molecule has 0 heterocycles. The van der Waals surface area contributed by atoms with E-state index in [4.69, 9.17) is 0 Å². The van der Waals surface area contributed by atoms with E-state index in [0.29, 0.717) is 0 Å². The summed E-state index contributed by atoms with van der Waals surface area (Å²) in [6.45, 7) is 0. The topological polar surface area (TPSA) is 46.5 Å². The molecule has 3 nitrogen and oxygen atoms in total. The zero-order chi connectivity index (χ0) is 12.7. The first kappa shape index (κ1) is 13.9. The zero-order valence-corrected chi connectivity index (χ0v) is 11.2. The van der Waals surface area contributed by atoms with E-state index >= 15 is 0 Å². The van der Waals surface area contributed by atoms with Crippen LogP contribution in [0.15, 0.2) is 40.9 Å². The van der Waals surface area contributed by atoms with Gasteiger partial charge in [0.15, 0.2) is 0 Å². The lowest BCUT2D eigenvalue weighted by Crippen LogP contribution is -2.11. The first-order valence-corrected chi connectivity index (χ1v) is 6.07. The highest BCUT2D eigenvalue weighted by atomic mass is 79.9. The third-order valence-corrected chi connectivity index (χ3v) is 2.70. The summed E-state index contributed by atoms with van der Waals surface area (Å²) in [5.41, 5.74) is 1.14. The monoisotopic (exact) mass is 298 g/mol. The number of halogens is 1. The minimum absolute atomic E-state index is 0.00845. The molecule has 0 radical (unpaired) electrons. The molecule has 92 valence electrons. The minimum atomic E-state index is -0.783. The van der Waals surface area contributed by atoms with E-state index in [-0.39, 0.29) is 6.42 Å². The van der Waals surface area contributed by atoms with Crippen LogP contribution in [0.1, 0.15) is 12.0 Å². The van der Waals surface area contributed by atoms with Crippen LogP contribution in [0.4, 0.5) is 0 Å². The summed E-state index contributed by atoms with van der Waals surface area (Å²) in [7, 11) is 1.31. The first-order chi connectivity index (χ1) is 8.11. The molecule has 0 saturated carbocycles. The van der Waals surface area contributed by atoms with Gasteiger partial charge in [-0.15, -0.1) is 0 Å². The smallest absolute Gasteiger partial charge is 0.308 e. The Labute approximate surface area is 109 Å². The maximum atomic E-state index is 10.9. The molecule has 0 unspecified atom stereocenters. The van der Waals surface area contributed by atoms with Crippen molar-refractivity contribution in [2.45, 2.75) is 18.9 Å². The molecule has 0 aromatic heterocycles. The van der Waals surface area contributed by atoms with E-state index in [1.807, 2.05) is 30.3 Å². The van der Waals surface area contributed by atoms with Gasteiger partial charge in [0.25, 0.3) is 0 Å². The lowest BCUT2D eigenvalue weighted by molar-refractivity contribution is -0.142. The summed E-state index contributed by atoms with van der Waals surface area (Å²) in [5, 5.41) is 9.49. The number of ether oxygens (including phenoxy) is 1. The van der Waals surface area contributed by atoms with Gasteiger partial charge >= 0.3 is 5.97 Å². The molecule has 1 aromatic carbocycles. The highest BCUT2D eigenvalue weighted by molar-refractivity contribution is 9.10. The number of methoxy groups -OCH3 is 1. The SMILES string of the molecule is COC(=O)C[C@@H](O)/C=C/Cc1cccc(Br)c1. The average Bonchev–Trinajstić information content (AvgIpc) is 2.29. The third-order valence-electron chi connectivity index (χ3n) is 2.20. The molecule has 0 aliphatic carbocycles. The van der Waals surface area contributed by atoms with Gasteiger partial charge in [0, 0.05) is 4.47 Å². The Kier molecular flexibility index (Phi) is 5.94. The molecule has 0 aliphatic rings. The molecule has 1 aromatic rings. The molecule has 4 heteroatoms. The summed E-state index contributed by atoms with van der Waals surface area (Å²) in [6.07, 6.45) is 3.38. The average molecular weight is 299 g/mol. The molecule has 0 fully saturated rings. The van der Waals surface area contributed by atoms with Crippen LogP contribution in [0.5, 0.6) is 0 Å². The largest absolute Gasteiger partial charge is 0.469 e. The second-order valence-electron chi connectivity index (χ2n) is 3.61. The lowest BCUT2D eigenvalue weighted by Gasteiger charge is -2.03. The van der Waals surface area contributed by atoms with Gasteiger partial charge in [-0.25, -0.2) is 0 Å². The van der Waals surface area contributed by atoms with Crippen molar-refractivity contribution in [2.75, 3.05) is 7.11 Å². The predicted molar refractivity (Wildman–Crippen MR) is 69.6 cm³/mol. The normalized spacial score (nSPS) is 12.6. The molecule has 1 atom stereocenters. The van der Waals surface area contributed by atoms with Gasteiger partial charge in [0.1, 0.15) is 0 Å². The number of aliphatic hydroxyl groups is 1. The number of carbonyl (C=O) groups excluding carboxylic acids is 1. The zero-order valence-electron chi connectivity index (χ0n) is 9.60. The van der Waals surface area contributed by atoms with E-state index in [9.17, 15) is 9.90 Å². The van der Waals surface area contributed by atoms with E-state index < -0.39 is 12.1 Å². The molecule has 0 amide bonds. The van der Waals surface area contributed by atoms with Gasteiger partial charge in [0.2, 0.25) is 0 Å². The van der Waals surface area contributed by atoms with Crippen molar-refractivity contribution >= 4 is 21.9 Å². The summed E-state index contributed by atoms with van der Waals surface area (Å²) >= 11 is 3.39. The van der Waals surface area contributed by atoms with Crippen LogP contribution in [0.25, 0.3) is 0 Å². The van der Waals surface area contributed by atoms with Crippen molar-refractivity contribution in [3.8, 4) is 0 Å². The molecule has 0 bridgehead atoms. The van der Waals surface area contributed by atoms with Crippen LogP contribution in [-0.4, -0.2) is 24.3 Å². The Morgan fingerprint density at radius 1 is 1.59 bits per heavy atom. The van der Waals surface area contributed by atoms with E-state index in [1.165, 1.54) is 7.11 Å². The van der Waals surface area contributed by atoms with Crippen LogP contribution in [-0.2, 0) is 16.0 Å². The Bertz CT molecular complexity index is 401. The van der Waals surface area contributed by atoms with Gasteiger partial charge < -0.3 is 9.84 Å². The van der Waals surface area contributed by atoms with Crippen molar-refractivity contribution < 1.29 is 14.6 Å². The molecule has 17 heavy (non-hydrogen) atoms. The van der Waals surface area contributed by atoms with Gasteiger partial charge in [-0.3, -0.25) is 4.79 Å². The fraction of sp³-hybridized carbons (Fsp3) is 0.308. The summed E-state index contributed by atoms with van der Waals surface area (Å²) in [4.78, 5) is 10.9. The van der Waals surface area contributed by atoms with Crippen LogP contribution < -0.4 is 0 Å². The maximum Gasteiger partial charge on any atom is 0.308 e. The standard InChI is InChI=1S/C13H15BrO3/c1-17-13(16)9-12(15)7-3-5-10-4-2-6-11(14)8-10/h2-4,6-8,12,15H,5,9H2,1H3/b7-3+/t12-/m0/s1. The number of rotatable bonds is 5. The Morgan fingerprint density at radius 3 is 3.00 bits per heavy atom. The predicted octanol–water partition coefficient (Wildman–Crippen LogP) is 2.47. The van der Waals surface area contributed by atoms with Crippen LogP contribution in [0.2, 0.25) is 0 Å². The summed E-state index contributed by atoms with van der Waals surface area (Å²) in [5.74, 6) is -0.412. The second-order valence-corrected chi connectivity index (χ2v) is 4.53. The molecule has 1 N–H and O–H groups in total. The lowest BCUT2D eigenvalue weighted by atomic mass is 10.1. The number of allylic oxidation sites excluding steroid dienone is 1. The molecular weight excluding hydrogens is 284 g/mol. The van der Waals surface area contributed by atoms with Crippen LogP contribution in [0, 0.1) is 0 Å². The highest BCUT2D eigenvalue weighted by Gasteiger charge is 2.06. The Hall–Kier alpha value is -1.13. The van der Waals surface area contributed by atoms with E-state index in [2.05, 4.69) is 20.7 Å². The number of aliphatic hydroxyl groups excluding tert-OH is 1. The van der Waals surface area contributed by atoms with Crippen LogP contribution >= 0.6 is 15.9 Å². The van der Waals surface area contributed by atoms with Gasteiger partial charge in [-0.2, -0.15) is 0 Å². The number of benzene rings is 1. The van der Waals surface area contributed by atoms with Crippen molar-refractivity contribution in [3.63, 3.8) is 0 Å². The minimum Gasteiger partial charge on any atom is -0.469 e. The molecule has 0 saturated heterocycles. The van der Waals surface area contributed by atoms with Crippen molar-refractivity contribution in [1.82, 2.24) is 0 Å². The highest BCUT2D eigenvalue weighted by Crippen LogP contribution is 2.12.